The summed E-state index contributed by atoms with van der Waals surface area (Å²) in [5.74, 6) is 1.93. The van der Waals surface area contributed by atoms with E-state index < -0.39 is 0 Å². The molecular formula is C23H29BrClNO2. The van der Waals surface area contributed by atoms with Crippen molar-refractivity contribution in [2.75, 3.05) is 0 Å². The normalized spacial score (nSPS) is 40.5. The van der Waals surface area contributed by atoms with E-state index in [0.29, 0.717) is 33.8 Å². The molecule has 2 heterocycles. The fourth-order valence-corrected chi connectivity index (χ4v) is 8.62. The Balaban J connectivity index is 1.75. The number of halogens is 2. The van der Waals surface area contributed by atoms with Crippen LogP contribution in [-0.4, -0.2) is 16.3 Å². The van der Waals surface area contributed by atoms with E-state index in [1.807, 2.05) is 6.07 Å². The van der Waals surface area contributed by atoms with Crippen LogP contribution in [0.4, 0.5) is 0 Å². The van der Waals surface area contributed by atoms with Crippen LogP contribution in [-0.2, 0) is 13.0 Å². The molecule has 1 amide bonds. The van der Waals surface area contributed by atoms with Gasteiger partial charge in [0.25, 0.3) is 5.91 Å². The Kier molecular flexibility index (Phi) is 4.06. The number of hydrogen-bond acceptors (Lipinski definition) is 2. The molecule has 1 aromatic rings. The maximum Gasteiger partial charge on any atom is 0.252 e. The molecule has 1 spiro atoms. The first-order valence-electron chi connectivity index (χ1n) is 10.5. The zero-order chi connectivity index (χ0) is 20.1. The SMILES string of the molecule is C[C@H]1CC[C@H]2C(C)(C)CC(Br)C[C@]23Oc2c(c(Cl)cc4c2CNC4=O)C[C@]13C. The molecule has 5 heteroatoms. The summed E-state index contributed by atoms with van der Waals surface area (Å²) >= 11 is 10.7. The average molecular weight is 467 g/mol. The zero-order valence-electron chi connectivity index (χ0n) is 17.1. The maximum atomic E-state index is 12.3. The molecule has 28 heavy (non-hydrogen) atoms. The summed E-state index contributed by atoms with van der Waals surface area (Å²) < 4.78 is 7.17. The first kappa shape index (κ1) is 19.2. The van der Waals surface area contributed by atoms with E-state index in [2.05, 4.69) is 48.9 Å². The molecule has 0 bridgehead atoms. The molecular weight excluding hydrogens is 438 g/mol. The van der Waals surface area contributed by atoms with Gasteiger partial charge in [-0.15, -0.1) is 0 Å². The Morgan fingerprint density at radius 1 is 1.21 bits per heavy atom. The van der Waals surface area contributed by atoms with E-state index in [4.69, 9.17) is 16.3 Å². The van der Waals surface area contributed by atoms with Crippen molar-refractivity contribution in [3.05, 3.63) is 27.8 Å². The second-order valence-corrected chi connectivity index (χ2v) is 12.2. The minimum absolute atomic E-state index is 0.0283. The van der Waals surface area contributed by atoms with Crippen molar-refractivity contribution in [1.82, 2.24) is 5.32 Å². The summed E-state index contributed by atoms with van der Waals surface area (Å²) in [6.07, 6.45) is 5.56. The molecule has 0 radical (unpaired) electrons. The Bertz CT molecular complexity index is 884. The minimum Gasteiger partial charge on any atom is -0.486 e. The molecule has 2 fully saturated rings. The summed E-state index contributed by atoms with van der Waals surface area (Å²) in [5, 5.41) is 3.64. The van der Waals surface area contributed by atoms with Gasteiger partial charge in [0.15, 0.2) is 0 Å². The number of ether oxygens (including phenoxy) is 1. The molecule has 2 aliphatic heterocycles. The van der Waals surface area contributed by atoms with Gasteiger partial charge < -0.3 is 10.1 Å². The standard InChI is InChI=1S/C23H29BrClNO2/c1-12-5-6-18-21(2,3)8-13(24)9-23(18)22(12,4)10-15-17(25)7-14-16(19(15)28-23)11-26-20(14)27/h7,12-13,18H,5-6,8-11H2,1-4H3,(H,26,27)/t12-,13?,18-,22+,23-/m0/s1. The fraction of sp³-hybridized carbons (Fsp3) is 0.696. The molecule has 2 saturated carbocycles. The van der Waals surface area contributed by atoms with Crippen molar-refractivity contribution >= 4 is 33.4 Å². The van der Waals surface area contributed by atoms with Crippen molar-refractivity contribution in [2.24, 2.45) is 22.7 Å². The fourth-order valence-electron chi connectivity index (χ4n) is 7.04. The van der Waals surface area contributed by atoms with Gasteiger partial charge in [-0.1, -0.05) is 55.2 Å². The van der Waals surface area contributed by atoms with Gasteiger partial charge in [0.1, 0.15) is 11.4 Å². The number of carbonyl (C=O) groups is 1. The Morgan fingerprint density at radius 2 is 1.96 bits per heavy atom. The van der Waals surface area contributed by atoms with Crippen molar-refractivity contribution < 1.29 is 9.53 Å². The van der Waals surface area contributed by atoms with Crippen molar-refractivity contribution in [2.45, 2.75) is 76.8 Å². The predicted octanol–water partition coefficient (Wildman–Crippen LogP) is 5.89. The number of fused-ring (bicyclic) bond motifs is 3. The highest BCUT2D eigenvalue weighted by Gasteiger charge is 2.67. The lowest BCUT2D eigenvalue weighted by Gasteiger charge is -2.67. The number of alkyl halides is 1. The van der Waals surface area contributed by atoms with E-state index in [-0.39, 0.29) is 22.3 Å². The van der Waals surface area contributed by atoms with Crippen LogP contribution in [0.5, 0.6) is 5.75 Å². The number of benzene rings is 1. The van der Waals surface area contributed by atoms with Gasteiger partial charge >= 0.3 is 0 Å². The number of amides is 1. The van der Waals surface area contributed by atoms with E-state index in [9.17, 15) is 4.79 Å². The lowest BCUT2D eigenvalue weighted by atomic mass is 9.44. The third-order valence-electron chi connectivity index (χ3n) is 8.65. The lowest BCUT2D eigenvalue weighted by molar-refractivity contribution is -0.208. The van der Waals surface area contributed by atoms with Crippen molar-refractivity contribution in [1.29, 1.82) is 0 Å². The first-order valence-corrected chi connectivity index (χ1v) is 11.8. The molecule has 1 unspecified atom stereocenters. The van der Waals surface area contributed by atoms with Crippen LogP contribution >= 0.6 is 27.5 Å². The van der Waals surface area contributed by atoms with Crippen LogP contribution in [0.1, 0.15) is 74.9 Å². The van der Waals surface area contributed by atoms with Gasteiger partial charge in [-0.3, -0.25) is 4.79 Å². The van der Waals surface area contributed by atoms with E-state index in [1.165, 1.54) is 19.3 Å². The largest absolute Gasteiger partial charge is 0.486 e. The summed E-state index contributed by atoms with van der Waals surface area (Å²) in [7, 11) is 0. The quantitative estimate of drug-likeness (QED) is 0.484. The molecule has 4 aliphatic rings. The first-order chi connectivity index (χ1) is 13.1. The monoisotopic (exact) mass is 465 g/mol. The van der Waals surface area contributed by atoms with Gasteiger partial charge in [-0.05, 0) is 43.1 Å². The van der Waals surface area contributed by atoms with Crippen molar-refractivity contribution in [3.8, 4) is 5.75 Å². The van der Waals surface area contributed by atoms with Crippen LogP contribution in [0.2, 0.25) is 5.02 Å². The van der Waals surface area contributed by atoms with Crippen LogP contribution in [0, 0.1) is 22.7 Å². The number of nitrogens with one attached hydrogen (secondary N) is 1. The molecule has 2 aliphatic carbocycles. The Labute approximate surface area is 181 Å². The molecule has 0 aromatic heterocycles. The summed E-state index contributed by atoms with van der Waals surface area (Å²) in [6.45, 7) is 10.2. The Morgan fingerprint density at radius 3 is 2.71 bits per heavy atom. The van der Waals surface area contributed by atoms with Gasteiger partial charge in [0.05, 0.1) is 0 Å². The zero-order valence-corrected chi connectivity index (χ0v) is 19.5. The van der Waals surface area contributed by atoms with E-state index in [1.54, 1.807) is 0 Å². The molecule has 0 saturated heterocycles. The summed E-state index contributed by atoms with van der Waals surface area (Å²) in [6, 6.07) is 1.85. The average Bonchev–Trinajstić information content (AvgIpc) is 2.95. The second-order valence-electron chi connectivity index (χ2n) is 10.5. The molecule has 152 valence electrons. The van der Waals surface area contributed by atoms with E-state index >= 15 is 0 Å². The summed E-state index contributed by atoms with van der Waals surface area (Å²) in [5.41, 5.74) is 2.81. The van der Waals surface area contributed by atoms with Crippen LogP contribution in [0.15, 0.2) is 6.07 Å². The Hall–Kier alpha value is -0.740. The van der Waals surface area contributed by atoms with Crippen molar-refractivity contribution in [3.63, 3.8) is 0 Å². The van der Waals surface area contributed by atoms with Gasteiger partial charge in [-0.2, -0.15) is 0 Å². The topological polar surface area (TPSA) is 38.3 Å². The number of hydrogen-bond donors (Lipinski definition) is 1. The predicted molar refractivity (Wildman–Crippen MR) is 115 cm³/mol. The van der Waals surface area contributed by atoms with Gasteiger partial charge in [-0.25, -0.2) is 0 Å². The smallest absolute Gasteiger partial charge is 0.252 e. The summed E-state index contributed by atoms with van der Waals surface area (Å²) in [4.78, 5) is 12.7. The third-order valence-corrected chi connectivity index (χ3v) is 9.64. The minimum atomic E-state index is -0.225. The number of rotatable bonds is 0. The lowest BCUT2D eigenvalue weighted by Crippen LogP contribution is -2.69. The highest BCUT2D eigenvalue weighted by Crippen LogP contribution is 2.67. The highest BCUT2D eigenvalue weighted by molar-refractivity contribution is 9.09. The van der Waals surface area contributed by atoms with Crippen LogP contribution < -0.4 is 10.1 Å². The molecule has 3 nitrogen and oxygen atoms in total. The molecule has 1 aromatic carbocycles. The van der Waals surface area contributed by atoms with Crippen LogP contribution in [0.25, 0.3) is 0 Å². The van der Waals surface area contributed by atoms with Gasteiger partial charge in [0, 0.05) is 50.8 Å². The van der Waals surface area contributed by atoms with Crippen LogP contribution in [0.3, 0.4) is 0 Å². The third kappa shape index (κ3) is 2.31. The number of carbonyl (C=O) groups excluding carboxylic acids is 1. The maximum absolute atomic E-state index is 12.3. The second kappa shape index (κ2) is 5.91. The van der Waals surface area contributed by atoms with E-state index in [0.717, 1.165) is 29.7 Å². The molecule has 1 N–H and O–H groups in total. The molecule has 5 atom stereocenters. The van der Waals surface area contributed by atoms with Gasteiger partial charge in [0.2, 0.25) is 0 Å². The highest BCUT2D eigenvalue weighted by atomic mass is 79.9. The molecule has 5 rings (SSSR count).